The Bertz CT molecular complexity index is 337. The lowest BCUT2D eigenvalue weighted by Crippen LogP contribution is -2.32. The fourth-order valence-electron chi connectivity index (χ4n) is 1.21. The van der Waals surface area contributed by atoms with Crippen LogP contribution in [0.5, 0.6) is 0 Å². The maximum absolute atomic E-state index is 11.1. The van der Waals surface area contributed by atoms with Crippen LogP contribution < -0.4 is 0 Å². The van der Waals surface area contributed by atoms with E-state index in [0.29, 0.717) is 0 Å². The molecular weight excluding hydrogens is 216 g/mol. The molecule has 6 heteroatoms. The highest BCUT2D eigenvalue weighted by Crippen LogP contribution is 2.13. The molecule has 0 saturated carbocycles. The molecule has 0 saturated heterocycles. The van der Waals surface area contributed by atoms with Crippen LogP contribution in [-0.4, -0.2) is 33.7 Å². The number of hydrogen-bond donors (Lipinski definition) is 2. The van der Waals surface area contributed by atoms with Crippen LogP contribution in [0.15, 0.2) is 12.2 Å². The van der Waals surface area contributed by atoms with E-state index in [4.69, 9.17) is 15.0 Å². The van der Waals surface area contributed by atoms with Gasteiger partial charge in [0.15, 0.2) is 17.3 Å². The molecule has 0 spiro atoms. The Hall–Kier alpha value is -1.98. The molecule has 1 aliphatic carbocycles. The van der Waals surface area contributed by atoms with Crippen molar-refractivity contribution in [2.75, 3.05) is 0 Å². The van der Waals surface area contributed by atoms with Crippen LogP contribution in [-0.2, 0) is 14.4 Å². The predicted octanol–water partition coefficient (Wildman–Crippen LogP) is 0.902. The lowest BCUT2D eigenvalue weighted by Gasteiger charge is -2.12. The Morgan fingerprint density at radius 1 is 1.38 bits per heavy atom. The molecule has 0 radical (unpaired) electrons. The van der Waals surface area contributed by atoms with Gasteiger partial charge in [-0.25, -0.2) is 4.79 Å². The van der Waals surface area contributed by atoms with Gasteiger partial charge < -0.3 is 10.2 Å². The highest BCUT2D eigenvalue weighted by molar-refractivity contribution is 6.24. The number of hydrogen-bond acceptors (Lipinski definition) is 4. The number of carbonyl (C=O) groups excluding carboxylic acids is 3. The minimum absolute atomic E-state index is 0.210. The number of Topliss-reactive ketones (excluding diaryl/α,β-unsaturated/α-hetero) is 2. The van der Waals surface area contributed by atoms with Crippen LogP contribution in [0, 0.1) is 5.92 Å². The first-order valence-corrected chi connectivity index (χ1v) is 4.57. The Morgan fingerprint density at radius 3 is 2.25 bits per heavy atom. The minimum Gasteiger partial charge on any atom is -0.450 e. The molecule has 0 aromatic heterocycles. The third kappa shape index (κ3) is 4.50. The zero-order chi connectivity index (χ0) is 12.7. The van der Waals surface area contributed by atoms with Gasteiger partial charge in [0.25, 0.3) is 0 Å². The van der Waals surface area contributed by atoms with Crippen molar-refractivity contribution in [3.8, 4) is 0 Å². The highest BCUT2D eigenvalue weighted by atomic mass is 16.6. The monoisotopic (exact) mass is 228 g/mol. The fraction of sp³-hybridized carbons (Fsp3) is 0.400. The molecule has 0 heterocycles. The van der Waals surface area contributed by atoms with E-state index in [-0.39, 0.29) is 30.2 Å². The van der Waals surface area contributed by atoms with Gasteiger partial charge in [0.2, 0.25) is 0 Å². The Labute approximate surface area is 91.6 Å². The summed E-state index contributed by atoms with van der Waals surface area (Å²) >= 11 is 0. The van der Waals surface area contributed by atoms with Crippen molar-refractivity contribution >= 4 is 23.5 Å². The van der Waals surface area contributed by atoms with Crippen molar-refractivity contribution in [1.82, 2.24) is 0 Å². The van der Waals surface area contributed by atoms with E-state index in [9.17, 15) is 14.4 Å². The van der Waals surface area contributed by atoms with Gasteiger partial charge in [-0.2, -0.15) is 0 Å². The van der Waals surface area contributed by atoms with E-state index in [1.54, 1.807) is 6.92 Å². The largest absolute Gasteiger partial charge is 0.503 e. The number of allylic oxidation sites excluding steroid dienone is 2. The van der Waals surface area contributed by atoms with Gasteiger partial charge in [-0.1, -0.05) is 13.0 Å². The normalized spacial score (nSPS) is 18.7. The van der Waals surface area contributed by atoms with E-state index in [2.05, 4.69) is 0 Å². The minimum atomic E-state index is -1.83. The van der Waals surface area contributed by atoms with E-state index in [0.717, 1.165) is 0 Å². The number of rotatable bonds is 2. The van der Waals surface area contributed by atoms with E-state index >= 15 is 0 Å². The maximum Gasteiger partial charge on any atom is 0.503 e. The Balaban J connectivity index is 0.000000487. The number of ketones is 3. The van der Waals surface area contributed by atoms with E-state index in [1.807, 2.05) is 0 Å². The molecule has 88 valence electrons. The molecule has 6 nitrogen and oxygen atoms in total. The van der Waals surface area contributed by atoms with Crippen LogP contribution in [0.3, 0.4) is 0 Å². The first-order valence-electron chi connectivity index (χ1n) is 4.57. The molecule has 1 atom stereocenters. The maximum atomic E-state index is 11.1. The molecule has 1 unspecified atom stereocenters. The number of carbonyl (C=O) groups is 4. The zero-order valence-electron chi connectivity index (χ0n) is 8.67. The van der Waals surface area contributed by atoms with Gasteiger partial charge >= 0.3 is 6.16 Å². The SMILES string of the molecule is CCC(=O)C1C(=O)C=CCC1=O.O=C(O)O. The van der Waals surface area contributed by atoms with E-state index < -0.39 is 12.1 Å². The van der Waals surface area contributed by atoms with Crippen molar-refractivity contribution < 1.29 is 29.4 Å². The second-order valence-electron chi connectivity index (χ2n) is 3.01. The summed E-state index contributed by atoms with van der Waals surface area (Å²) in [4.78, 5) is 41.9. The average Bonchev–Trinajstić information content (AvgIpc) is 2.16. The lowest BCUT2D eigenvalue weighted by atomic mass is 9.87. The van der Waals surface area contributed by atoms with Crippen molar-refractivity contribution in [3.63, 3.8) is 0 Å². The van der Waals surface area contributed by atoms with Crippen molar-refractivity contribution in [1.29, 1.82) is 0 Å². The third-order valence-electron chi connectivity index (χ3n) is 1.88. The Kier molecular flexibility index (Phi) is 5.69. The summed E-state index contributed by atoms with van der Waals surface area (Å²) in [5.41, 5.74) is 0. The molecule has 0 aromatic carbocycles. The third-order valence-corrected chi connectivity index (χ3v) is 1.88. The molecule has 0 aliphatic heterocycles. The second-order valence-corrected chi connectivity index (χ2v) is 3.01. The van der Waals surface area contributed by atoms with Gasteiger partial charge in [-0.15, -0.1) is 0 Å². The number of carboxylic acid groups (broad SMARTS) is 2. The first-order chi connectivity index (χ1) is 7.40. The highest BCUT2D eigenvalue weighted by Gasteiger charge is 2.31. The summed E-state index contributed by atoms with van der Waals surface area (Å²) in [6.07, 6.45) is 1.45. The second kappa shape index (κ2) is 6.49. The summed E-state index contributed by atoms with van der Waals surface area (Å²) < 4.78 is 0. The van der Waals surface area contributed by atoms with E-state index in [1.165, 1.54) is 12.2 Å². The topological polar surface area (TPSA) is 109 Å². The molecule has 2 N–H and O–H groups in total. The molecular formula is C10H12O6. The Morgan fingerprint density at radius 2 is 1.88 bits per heavy atom. The first kappa shape index (κ1) is 14.0. The smallest absolute Gasteiger partial charge is 0.450 e. The summed E-state index contributed by atoms with van der Waals surface area (Å²) in [5, 5.41) is 13.9. The van der Waals surface area contributed by atoms with Crippen molar-refractivity contribution in [3.05, 3.63) is 12.2 Å². The van der Waals surface area contributed by atoms with Crippen LogP contribution in [0.25, 0.3) is 0 Å². The molecule has 0 fully saturated rings. The molecule has 16 heavy (non-hydrogen) atoms. The predicted molar refractivity (Wildman–Crippen MR) is 53.2 cm³/mol. The van der Waals surface area contributed by atoms with Crippen molar-refractivity contribution in [2.24, 2.45) is 5.92 Å². The van der Waals surface area contributed by atoms with Crippen LogP contribution in [0.4, 0.5) is 4.79 Å². The van der Waals surface area contributed by atoms with Gasteiger partial charge in [0.05, 0.1) is 0 Å². The summed E-state index contributed by atoms with van der Waals surface area (Å²) in [6.45, 7) is 1.65. The van der Waals surface area contributed by atoms with Gasteiger partial charge in [-0.05, 0) is 6.08 Å². The van der Waals surface area contributed by atoms with Gasteiger partial charge in [0.1, 0.15) is 5.92 Å². The molecule has 0 amide bonds. The standard InChI is InChI=1S/C9H10O3.CH2O3/c1-2-6(10)9-7(11)4-3-5-8(9)12;2-1(3)4/h3-4,9H,2,5H2,1H3;(H2,2,3,4). The fourth-order valence-corrected chi connectivity index (χ4v) is 1.21. The average molecular weight is 228 g/mol. The molecule has 1 aliphatic rings. The van der Waals surface area contributed by atoms with Crippen LogP contribution in [0.1, 0.15) is 19.8 Å². The van der Waals surface area contributed by atoms with Gasteiger partial charge in [0, 0.05) is 12.8 Å². The van der Waals surface area contributed by atoms with Crippen LogP contribution >= 0.6 is 0 Å². The molecule has 0 aromatic rings. The molecule has 0 bridgehead atoms. The molecule has 1 rings (SSSR count). The summed E-state index contributed by atoms with van der Waals surface area (Å²) in [5.74, 6) is -1.90. The quantitative estimate of drug-likeness (QED) is 0.679. The van der Waals surface area contributed by atoms with Crippen molar-refractivity contribution in [2.45, 2.75) is 19.8 Å². The zero-order valence-corrected chi connectivity index (χ0v) is 8.67. The van der Waals surface area contributed by atoms with Gasteiger partial charge in [-0.3, -0.25) is 14.4 Å². The summed E-state index contributed by atoms with van der Waals surface area (Å²) in [6, 6.07) is 0. The summed E-state index contributed by atoms with van der Waals surface area (Å²) in [7, 11) is 0. The van der Waals surface area contributed by atoms with Crippen LogP contribution in [0.2, 0.25) is 0 Å². The lowest BCUT2D eigenvalue weighted by molar-refractivity contribution is -0.138.